The standard InChI is InChI=1S/C14H27NO2/c1-2-13-6-4-3-5-8-15(13)10-14(16)12-7-9-17-11-12/h12-14,16H,2-11H2,1H3. The lowest BCUT2D eigenvalue weighted by Gasteiger charge is -2.32. The van der Waals surface area contributed by atoms with Gasteiger partial charge in [-0.05, 0) is 32.2 Å². The average Bonchev–Trinajstić information content (AvgIpc) is 2.78. The van der Waals surface area contributed by atoms with Crippen molar-refractivity contribution in [2.75, 3.05) is 26.3 Å². The minimum absolute atomic E-state index is 0.190. The van der Waals surface area contributed by atoms with Crippen LogP contribution in [0.3, 0.4) is 0 Å². The summed E-state index contributed by atoms with van der Waals surface area (Å²) in [5.74, 6) is 0.371. The second kappa shape index (κ2) is 6.72. The van der Waals surface area contributed by atoms with E-state index < -0.39 is 0 Å². The topological polar surface area (TPSA) is 32.7 Å². The van der Waals surface area contributed by atoms with Gasteiger partial charge in [-0.25, -0.2) is 0 Å². The van der Waals surface area contributed by atoms with Crippen molar-refractivity contribution in [3.05, 3.63) is 0 Å². The van der Waals surface area contributed by atoms with Crippen molar-refractivity contribution in [2.45, 2.75) is 57.6 Å². The molecule has 17 heavy (non-hydrogen) atoms. The normalized spacial score (nSPS) is 33.5. The van der Waals surface area contributed by atoms with Crippen molar-refractivity contribution < 1.29 is 9.84 Å². The highest BCUT2D eigenvalue weighted by Gasteiger charge is 2.28. The van der Waals surface area contributed by atoms with Gasteiger partial charge >= 0.3 is 0 Å². The number of likely N-dealkylation sites (tertiary alicyclic amines) is 1. The molecule has 1 N–H and O–H groups in total. The third-order valence-electron chi connectivity index (χ3n) is 4.40. The summed E-state index contributed by atoms with van der Waals surface area (Å²) in [6.07, 6.45) is 7.38. The monoisotopic (exact) mass is 241 g/mol. The molecule has 2 saturated heterocycles. The van der Waals surface area contributed by atoms with Crippen molar-refractivity contribution in [2.24, 2.45) is 5.92 Å². The summed E-state index contributed by atoms with van der Waals surface area (Å²) in [6.45, 7) is 5.88. The molecule has 0 bridgehead atoms. The molecule has 3 nitrogen and oxygen atoms in total. The number of aliphatic hydroxyl groups excluding tert-OH is 1. The lowest BCUT2D eigenvalue weighted by Crippen LogP contribution is -2.42. The molecule has 3 unspecified atom stereocenters. The second-order valence-electron chi connectivity index (χ2n) is 5.60. The number of hydrogen-bond donors (Lipinski definition) is 1. The minimum Gasteiger partial charge on any atom is -0.391 e. The van der Waals surface area contributed by atoms with Crippen LogP contribution in [0.25, 0.3) is 0 Å². The van der Waals surface area contributed by atoms with Crippen LogP contribution in [0.5, 0.6) is 0 Å². The maximum Gasteiger partial charge on any atom is 0.0718 e. The van der Waals surface area contributed by atoms with Gasteiger partial charge in [0.1, 0.15) is 0 Å². The Kier molecular flexibility index (Phi) is 5.26. The summed E-state index contributed by atoms with van der Waals surface area (Å²) in [5.41, 5.74) is 0. The number of ether oxygens (including phenoxy) is 1. The van der Waals surface area contributed by atoms with E-state index in [9.17, 15) is 5.11 Å². The first-order valence-electron chi connectivity index (χ1n) is 7.31. The SMILES string of the molecule is CCC1CCCCCN1CC(O)C1CCOC1. The highest BCUT2D eigenvalue weighted by atomic mass is 16.5. The summed E-state index contributed by atoms with van der Waals surface area (Å²) in [6, 6.07) is 0.689. The summed E-state index contributed by atoms with van der Waals surface area (Å²) >= 11 is 0. The summed E-state index contributed by atoms with van der Waals surface area (Å²) in [4.78, 5) is 2.52. The Bertz CT molecular complexity index is 216. The van der Waals surface area contributed by atoms with E-state index in [1.165, 1.54) is 38.6 Å². The van der Waals surface area contributed by atoms with Crippen LogP contribution in [0.1, 0.15) is 45.4 Å². The second-order valence-corrected chi connectivity index (χ2v) is 5.60. The van der Waals surface area contributed by atoms with E-state index in [0.717, 1.165) is 26.2 Å². The van der Waals surface area contributed by atoms with Crippen molar-refractivity contribution >= 4 is 0 Å². The van der Waals surface area contributed by atoms with Gasteiger partial charge in [-0.2, -0.15) is 0 Å². The number of β-amino-alcohol motifs (C(OH)–C–C–N with tert-alkyl or cyclic N) is 1. The molecule has 0 aromatic carbocycles. The molecule has 2 heterocycles. The smallest absolute Gasteiger partial charge is 0.0718 e. The molecular weight excluding hydrogens is 214 g/mol. The fraction of sp³-hybridized carbons (Fsp3) is 1.00. The quantitative estimate of drug-likeness (QED) is 0.817. The Balaban J connectivity index is 1.85. The number of hydrogen-bond acceptors (Lipinski definition) is 3. The predicted molar refractivity (Wildman–Crippen MR) is 69.1 cm³/mol. The van der Waals surface area contributed by atoms with Gasteiger partial charge in [0.2, 0.25) is 0 Å². The molecule has 2 fully saturated rings. The van der Waals surface area contributed by atoms with E-state index >= 15 is 0 Å². The first-order valence-corrected chi connectivity index (χ1v) is 7.31. The van der Waals surface area contributed by atoms with Gasteiger partial charge in [-0.1, -0.05) is 19.8 Å². The molecule has 100 valence electrons. The molecule has 0 amide bonds. The van der Waals surface area contributed by atoms with Gasteiger partial charge in [-0.15, -0.1) is 0 Å². The van der Waals surface area contributed by atoms with Gasteiger partial charge in [0.15, 0.2) is 0 Å². The Morgan fingerprint density at radius 2 is 2.18 bits per heavy atom. The molecule has 2 rings (SSSR count). The Morgan fingerprint density at radius 1 is 1.29 bits per heavy atom. The summed E-state index contributed by atoms with van der Waals surface area (Å²) < 4.78 is 5.37. The lowest BCUT2D eigenvalue weighted by molar-refractivity contribution is 0.0411. The maximum absolute atomic E-state index is 10.3. The van der Waals surface area contributed by atoms with Crippen LogP contribution < -0.4 is 0 Å². The molecule has 2 aliphatic rings. The van der Waals surface area contributed by atoms with Crippen molar-refractivity contribution in [3.63, 3.8) is 0 Å². The van der Waals surface area contributed by atoms with E-state index in [0.29, 0.717) is 12.0 Å². The molecule has 3 heteroatoms. The largest absolute Gasteiger partial charge is 0.391 e. The van der Waals surface area contributed by atoms with Crippen molar-refractivity contribution in [1.29, 1.82) is 0 Å². The number of aliphatic hydroxyl groups is 1. The van der Waals surface area contributed by atoms with E-state index in [1.54, 1.807) is 0 Å². The molecule has 0 spiro atoms. The van der Waals surface area contributed by atoms with Crippen LogP contribution in [0.15, 0.2) is 0 Å². The highest BCUT2D eigenvalue weighted by Crippen LogP contribution is 2.22. The summed E-state index contributed by atoms with van der Waals surface area (Å²) in [7, 11) is 0. The molecule has 0 aromatic heterocycles. The highest BCUT2D eigenvalue weighted by molar-refractivity contribution is 4.80. The van der Waals surface area contributed by atoms with Gasteiger partial charge in [0.25, 0.3) is 0 Å². The zero-order valence-corrected chi connectivity index (χ0v) is 11.1. The molecule has 0 aromatic rings. The van der Waals surface area contributed by atoms with Crippen LogP contribution in [0.2, 0.25) is 0 Å². The van der Waals surface area contributed by atoms with Crippen LogP contribution in [0, 0.1) is 5.92 Å². The van der Waals surface area contributed by atoms with Crippen molar-refractivity contribution in [1.82, 2.24) is 4.90 Å². The molecule has 0 radical (unpaired) electrons. The van der Waals surface area contributed by atoms with Crippen molar-refractivity contribution in [3.8, 4) is 0 Å². The lowest BCUT2D eigenvalue weighted by atomic mass is 10.00. The molecular formula is C14H27NO2. The van der Waals surface area contributed by atoms with Crippen LogP contribution in [0.4, 0.5) is 0 Å². The zero-order valence-electron chi connectivity index (χ0n) is 11.1. The predicted octanol–water partition coefficient (Wildman–Crippen LogP) is 2.04. The van der Waals surface area contributed by atoms with Crippen LogP contribution >= 0.6 is 0 Å². The Morgan fingerprint density at radius 3 is 2.88 bits per heavy atom. The number of nitrogens with zero attached hydrogens (tertiary/aromatic N) is 1. The first-order chi connectivity index (χ1) is 8.31. The van der Waals surface area contributed by atoms with E-state index in [1.807, 2.05) is 0 Å². The van der Waals surface area contributed by atoms with Gasteiger partial charge < -0.3 is 9.84 Å². The molecule has 3 atom stereocenters. The van der Waals surface area contributed by atoms with E-state index in [2.05, 4.69) is 11.8 Å². The summed E-state index contributed by atoms with van der Waals surface area (Å²) in [5, 5.41) is 10.3. The fourth-order valence-corrected chi connectivity index (χ4v) is 3.19. The van der Waals surface area contributed by atoms with E-state index in [4.69, 9.17) is 4.74 Å². The van der Waals surface area contributed by atoms with Crippen LogP contribution in [-0.2, 0) is 4.74 Å². The number of rotatable bonds is 4. The minimum atomic E-state index is -0.190. The van der Waals surface area contributed by atoms with Gasteiger partial charge in [-0.3, -0.25) is 4.90 Å². The third-order valence-corrected chi connectivity index (χ3v) is 4.40. The van der Waals surface area contributed by atoms with Crippen LogP contribution in [-0.4, -0.2) is 48.5 Å². The third kappa shape index (κ3) is 3.67. The first kappa shape index (κ1) is 13.3. The molecule has 2 aliphatic heterocycles. The molecule has 0 aliphatic carbocycles. The van der Waals surface area contributed by atoms with Gasteiger partial charge in [0.05, 0.1) is 12.7 Å². The molecule has 0 saturated carbocycles. The Hall–Kier alpha value is -0.120. The zero-order chi connectivity index (χ0) is 12.1. The average molecular weight is 241 g/mol. The van der Waals surface area contributed by atoms with Gasteiger partial charge in [0, 0.05) is 25.1 Å². The van der Waals surface area contributed by atoms with E-state index in [-0.39, 0.29) is 6.10 Å². The maximum atomic E-state index is 10.3. The Labute approximate surface area is 105 Å². The fourth-order valence-electron chi connectivity index (χ4n) is 3.19.